The van der Waals surface area contributed by atoms with E-state index in [4.69, 9.17) is 0 Å². The lowest BCUT2D eigenvalue weighted by Gasteiger charge is -2.30. The van der Waals surface area contributed by atoms with Crippen molar-refractivity contribution in [1.29, 1.82) is 0 Å². The van der Waals surface area contributed by atoms with Crippen LogP contribution in [0.5, 0.6) is 0 Å². The molecular formula is C21H24N2O2. The highest BCUT2D eigenvalue weighted by atomic mass is 16.3. The van der Waals surface area contributed by atoms with E-state index in [1.165, 1.54) is 0 Å². The second-order valence-electron chi connectivity index (χ2n) is 6.32. The molecule has 1 atom stereocenters. The fourth-order valence-corrected chi connectivity index (χ4v) is 3.02. The lowest BCUT2D eigenvalue weighted by atomic mass is 10.1. The number of likely N-dealkylation sites (tertiary alicyclic amines) is 1. The highest BCUT2D eigenvalue weighted by Gasteiger charge is 2.23. The molecule has 1 saturated heterocycles. The topological polar surface area (TPSA) is 52.6 Å². The maximum absolute atomic E-state index is 12.6. The Morgan fingerprint density at radius 1 is 1.20 bits per heavy atom. The van der Waals surface area contributed by atoms with Gasteiger partial charge in [-0.3, -0.25) is 4.79 Å². The summed E-state index contributed by atoms with van der Waals surface area (Å²) in [6.45, 7) is 1.83. The molecule has 130 valence electrons. The van der Waals surface area contributed by atoms with E-state index in [0.29, 0.717) is 25.2 Å². The maximum atomic E-state index is 12.6. The predicted octanol–water partition coefficient (Wildman–Crippen LogP) is 3.41. The van der Waals surface area contributed by atoms with Gasteiger partial charge < -0.3 is 15.3 Å². The van der Waals surface area contributed by atoms with Crippen LogP contribution < -0.4 is 5.32 Å². The number of β-amino-alcohol motifs (C(OH)–C–C–N with tert-alkyl or cyclic N) is 1. The van der Waals surface area contributed by atoms with Crippen molar-refractivity contribution in [1.82, 2.24) is 4.90 Å². The Morgan fingerprint density at radius 2 is 2.04 bits per heavy atom. The Bertz CT molecular complexity index is 728. The van der Waals surface area contributed by atoms with E-state index in [1.54, 1.807) is 4.90 Å². The molecule has 1 amide bonds. The van der Waals surface area contributed by atoms with Crippen LogP contribution in [0.1, 0.15) is 28.8 Å². The number of nitrogens with one attached hydrogen (secondary N) is 1. The van der Waals surface area contributed by atoms with Gasteiger partial charge in [0.15, 0.2) is 0 Å². The van der Waals surface area contributed by atoms with E-state index in [1.807, 2.05) is 42.5 Å². The number of hydrogen-bond acceptors (Lipinski definition) is 3. The zero-order valence-electron chi connectivity index (χ0n) is 14.3. The van der Waals surface area contributed by atoms with E-state index < -0.39 is 6.10 Å². The molecule has 0 spiro atoms. The van der Waals surface area contributed by atoms with E-state index in [-0.39, 0.29) is 5.91 Å². The molecule has 2 aromatic carbocycles. The number of aliphatic hydroxyl groups excluding tert-OH is 1. The third-order valence-electron chi connectivity index (χ3n) is 4.33. The third kappa shape index (κ3) is 4.94. The molecule has 1 heterocycles. The van der Waals surface area contributed by atoms with Gasteiger partial charge in [0, 0.05) is 30.9 Å². The molecule has 4 nitrogen and oxygen atoms in total. The maximum Gasteiger partial charge on any atom is 0.254 e. The van der Waals surface area contributed by atoms with Crippen molar-refractivity contribution in [2.45, 2.75) is 18.9 Å². The quantitative estimate of drug-likeness (QED) is 0.880. The van der Waals surface area contributed by atoms with Crippen LogP contribution in [0.2, 0.25) is 0 Å². The largest absolute Gasteiger partial charge is 0.391 e. The Balaban J connectivity index is 1.57. The number of amides is 1. The predicted molar refractivity (Wildman–Crippen MR) is 102 cm³/mol. The highest BCUT2D eigenvalue weighted by Crippen LogP contribution is 2.16. The molecule has 0 bridgehead atoms. The molecule has 1 aliphatic heterocycles. The van der Waals surface area contributed by atoms with Gasteiger partial charge in [0.2, 0.25) is 0 Å². The molecule has 2 aromatic rings. The molecule has 0 aliphatic carbocycles. The van der Waals surface area contributed by atoms with Gasteiger partial charge in [0.05, 0.1) is 6.10 Å². The Labute approximate surface area is 148 Å². The fourth-order valence-electron chi connectivity index (χ4n) is 3.02. The van der Waals surface area contributed by atoms with Crippen LogP contribution in [0.25, 0.3) is 6.08 Å². The summed E-state index contributed by atoms with van der Waals surface area (Å²) in [5.41, 5.74) is 2.74. The molecule has 1 fully saturated rings. The minimum absolute atomic E-state index is 0.0118. The molecule has 1 aliphatic rings. The number of piperidine rings is 1. The molecular weight excluding hydrogens is 312 g/mol. The van der Waals surface area contributed by atoms with E-state index >= 15 is 0 Å². The molecule has 4 heteroatoms. The summed E-state index contributed by atoms with van der Waals surface area (Å²) < 4.78 is 0. The molecule has 0 radical (unpaired) electrons. The average molecular weight is 336 g/mol. The van der Waals surface area contributed by atoms with Gasteiger partial charge in [-0.1, -0.05) is 48.6 Å². The van der Waals surface area contributed by atoms with Crippen molar-refractivity contribution in [3.63, 3.8) is 0 Å². The molecule has 2 N–H and O–H groups in total. The molecule has 0 saturated carbocycles. The first kappa shape index (κ1) is 17.2. The molecule has 25 heavy (non-hydrogen) atoms. The monoisotopic (exact) mass is 336 g/mol. The number of benzene rings is 2. The van der Waals surface area contributed by atoms with E-state index in [2.05, 4.69) is 29.6 Å². The summed E-state index contributed by atoms with van der Waals surface area (Å²) in [6.07, 6.45) is 5.36. The normalized spacial score (nSPS) is 17.6. The second-order valence-corrected chi connectivity index (χ2v) is 6.32. The van der Waals surface area contributed by atoms with Crippen LogP contribution in [0.4, 0.5) is 5.69 Å². The van der Waals surface area contributed by atoms with E-state index in [0.717, 1.165) is 24.1 Å². The van der Waals surface area contributed by atoms with Gasteiger partial charge in [-0.25, -0.2) is 0 Å². The third-order valence-corrected chi connectivity index (χ3v) is 4.33. The SMILES string of the molecule is O=C(c1cccc(NC/C=C/c2ccccc2)c1)N1CCCC(O)C1. The second kappa shape index (κ2) is 8.49. The van der Waals surface area contributed by atoms with Crippen LogP contribution in [0.3, 0.4) is 0 Å². The number of anilines is 1. The van der Waals surface area contributed by atoms with Crippen LogP contribution in [-0.2, 0) is 0 Å². The van der Waals surface area contributed by atoms with Crippen molar-refractivity contribution in [2.24, 2.45) is 0 Å². The number of aliphatic hydroxyl groups is 1. The zero-order valence-corrected chi connectivity index (χ0v) is 14.3. The molecule has 1 unspecified atom stereocenters. The van der Waals surface area contributed by atoms with Crippen LogP contribution in [0, 0.1) is 0 Å². The van der Waals surface area contributed by atoms with Crippen LogP contribution in [-0.4, -0.2) is 41.7 Å². The minimum Gasteiger partial charge on any atom is -0.391 e. The van der Waals surface area contributed by atoms with Gasteiger partial charge in [0.25, 0.3) is 5.91 Å². The minimum atomic E-state index is -0.401. The standard InChI is InChI=1S/C21H24N2O2/c24-20-12-6-14-23(16-20)21(25)18-10-4-11-19(15-18)22-13-5-9-17-7-2-1-3-8-17/h1-5,7-11,15,20,22,24H,6,12-14,16H2/b9-5+. The van der Waals surface area contributed by atoms with Gasteiger partial charge in [-0.05, 0) is 36.6 Å². The molecule has 3 rings (SSSR count). The van der Waals surface area contributed by atoms with Crippen molar-refractivity contribution in [2.75, 3.05) is 25.0 Å². The average Bonchev–Trinajstić information content (AvgIpc) is 2.66. The first-order valence-corrected chi connectivity index (χ1v) is 8.75. The lowest BCUT2D eigenvalue weighted by Crippen LogP contribution is -2.42. The summed E-state index contributed by atoms with van der Waals surface area (Å²) in [5, 5.41) is 13.1. The Kier molecular flexibility index (Phi) is 5.86. The van der Waals surface area contributed by atoms with Crippen LogP contribution in [0.15, 0.2) is 60.7 Å². The summed E-state index contributed by atoms with van der Waals surface area (Å²) in [7, 11) is 0. The Morgan fingerprint density at radius 3 is 2.84 bits per heavy atom. The van der Waals surface area contributed by atoms with Crippen molar-refractivity contribution in [3.8, 4) is 0 Å². The first-order chi connectivity index (χ1) is 12.2. The summed E-state index contributed by atoms with van der Waals surface area (Å²) in [4.78, 5) is 14.3. The summed E-state index contributed by atoms with van der Waals surface area (Å²) in [5.74, 6) is -0.0118. The lowest BCUT2D eigenvalue weighted by molar-refractivity contribution is 0.0474. The fraction of sp³-hybridized carbons (Fsp3) is 0.286. The first-order valence-electron chi connectivity index (χ1n) is 8.75. The zero-order chi connectivity index (χ0) is 17.5. The number of hydrogen-bond donors (Lipinski definition) is 2. The summed E-state index contributed by atoms with van der Waals surface area (Å²) >= 11 is 0. The number of rotatable bonds is 5. The highest BCUT2D eigenvalue weighted by molar-refractivity contribution is 5.95. The number of nitrogens with zero attached hydrogens (tertiary/aromatic N) is 1. The van der Waals surface area contributed by atoms with Crippen molar-refractivity contribution in [3.05, 3.63) is 71.8 Å². The smallest absolute Gasteiger partial charge is 0.254 e. The van der Waals surface area contributed by atoms with Crippen LogP contribution >= 0.6 is 0 Å². The Hall–Kier alpha value is -2.59. The number of carbonyl (C=O) groups is 1. The van der Waals surface area contributed by atoms with Crippen molar-refractivity contribution < 1.29 is 9.90 Å². The van der Waals surface area contributed by atoms with Crippen molar-refractivity contribution >= 4 is 17.7 Å². The molecule has 0 aromatic heterocycles. The van der Waals surface area contributed by atoms with Gasteiger partial charge in [0.1, 0.15) is 0 Å². The number of carbonyl (C=O) groups excluding carboxylic acids is 1. The van der Waals surface area contributed by atoms with Gasteiger partial charge in [-0.2, -0.15) is 0 Å². The summed E-state index contributed by atoms with van der Waals surface area (Å²) in [6, 6.07) is 17.7. The van der Waals surface area contributed by atoms with Gasteiger partial charge in [-0.15, -0.1) is 0 Å². The van der Waals surface area contributed by atoms with E-state index in [9.17, 15) is 9.90 Å². The van der Waals surface area contributed by atoms with Gasteiger partial charge >= 0.3 is 0 Å².